The molecule has 3 rings (SSSR count). The van der Waals surface area contributed by atoms with Crippen molar-refractivity contribution in [2.24, 2.45) is 0 Å². The number of carbonyl (C=O) groups excluding carboxylic acids is 1. The van der Waals surface area contributed by atoms with Crippen molar-refractivity contribution < 1.29 is 22.4 Å². The minimum Gasteiger partial charge on any atom is -0.431 e. The number of benzene rings is 1. The van der Waals surface area contributed by atoms with Gasteiger partial charge in [0.05, 0.1) is 11.1 Å². The van der Waals surface area contributed by atoms with E-state index in [0.29, 0.717) is 17.2 Å². The van der Waals surface area contributed by atoms with Crippen molar-refractivity contribution in [1.82, 2.24) is 9.97 Å². The van der Waals surface area contributed by atoms with Crippen LogP contribution in [0.2, 0.25) is 0 Å². The van der Waals surface area contributed by atoms with Crippen LogP contribution >= 0.6 is 0 Å². The number of fused-ring (bicyclic) bond motifs is 1. The molecule has 0 bridgehead atoms. The molecule has 1 aromatic carbocycles. The number of nitrogens with zero attached hydrogens (tertiary/aromatic N) is 2. The van der Waals surface area contributed by atoms with Gasteiger partial charge in [-0.25, -0.2) is 0 Å². The highest BCUT2D eigenvalue weighted by atomic mass is 19.4. The van der Waals surface area contributed by atoms with Crippen molar-refractivity contribution >= 4 is 22.8 Å². The molecule has 0 aliphatic rings. The number of amides is 1. The van der Waals surface area contributed by atoms with E-state index in [1.807, 2.05) is 0 Å². The molecule has 3 aromatic rings. The highest BCUT2D eigenvalue weighted by molar-refractivity contribution is 6.11. The normalized spacial score (nSPS) is 11.6. The van der Waals surface area contributed by atoms with Crippen LogP contribution in [0.1, 0.15) is 16.1 Å². The number of hydrogen-bond acceptors (Lipinski definition) is 4. The maximum absolute atomic E-state index is 12.4. The van der Waals surface area contributed by atoms with Crippen LogP contribution in [0, 0.1) is 0 Å². The van der Waals surface area contributed by atoms with Crippen molar-refractivity contribution in [2.75, 3.05) is 5.32 Å². The predicted octanol–water partition coefficient (Wildman–Crippen LogP) is 3.49. The predicted molar refractivity (Wildman–Crippen MR) is 71.2 cm³/mol. The molecule has 112 valence electrons. The van der Waals surface area contributed by atoms with Crippen molar-refractivity contribution in [3.8, 4) is 0 Å². The fraction of sp³-hybridized carbons (Fsp3) is 0.0714. The molecule has 1 N–H and O–H groups in total. The first-order valence-electron chi connectivity index (χ1n) is 6.13. The van der Waals surface area contributed by atoms with Crippen molar-refractivity contribution in [2.45, 2.75) is 6.18 Å². The van der Waals surface area contributed by atoms with Gasteiger partial charge in [0.1, 0.15) is 6.26 Å². The molecule has 1 amide bonds. The molecule has 8 heteroatoms. The molecule has 5 nitrogen and oxygen atoms in total. The van der Waals surface area contributed by atoms with E-state index in [-0.39, 0.29) is 5.56 Å². The van der Waals surface area contributed by atoms with E-state index in [4.69, 9.17) is 0 Å². The third-order valence-corrected chi connectivity index (χ3v) is 2.91. The van der Waals surface area contributed by atoms with Crippen LogP contribution in [0.3, 0.4) is 0 Å². The summed E-state index contributed by atoms with van der Waals surface area (Å²) in [5.41, 5.74) is -0.349. The molecule has 0 aliphatic carbocycles. The van der Waals surface area contributed by atoms with E-state index in [1.165, 1.54) is 12.3 Å². The number of alkyl halides is 3. The van der Waals surface area contributed by atoms with Crippen LogP contribution in [0.4, 0.5) is 19.2 Å². The van der Waals surface area contributed by atoms with Gasteiger partial charge in [0.2, 0.25) is 0 Å². The smallest absolute Gasteiger partial charge is 0.431 e. The average molecular weight is 307 g/mol. The molecule has 0 radical (unpaired) electrons. The van der Waals surface area contributed by atoms with Gasteiger partial charge in [-0.2, -0.15) is 18.2 Å². The Balaban J connectivity index is 1.89. The number of hydrogen-bond donors (Lipinski definition) is 1. The Morgan fingerprint density at radius 3 is 2.68 bits per heavy atom. The van der Waals surface area contributed by atoms with Gasteiger partial charge in [-0.05, 0) is 12.1 Å². The maximum Gasteiger partial charge on any atom is 0.436 e. The molecule has 0 atom stereocenters. The highest BCUT2D eigenvalue weighted by Gasteiger charge is 2.35. The lowest BCUT2D eigenvalue weighted by Crippen LogP contribution is -2.13. The van der Waals surface area contributed by atoms with E-state index in [2.05, 4.69) is 19.7 Å². The second-order valence-electron chi connectivity index (χ2n) is 4.37. The van der Waals surface area contributed by atoms with Crippen molar-refractivity contribution in [1.29, 1.82) is 0 Å². The first-order chi connectivity index (χ1) is 10.4. The molecular formula is C14H8F3N3O2. The fourth-order valence-corrected chi connectivity index (χ4v) is 1.92. The minimum absolute atomic E-state index is 0.261. The number of oxazole rings is 1. The Labute approximate surface area is 121 Å². The Morgan fingerprint density at radius 2 is 1.95 bits per heavy atom. The van der Waals surface area contributed by atoms with Crippen LogP contribution in [0.25, 0.3) is 10.9 Å². The summed E-state index contributed by atoms with van der Waals surface area (Å²) < 4.78 is 41.9. The second kappa shape index (κ2) is 5.14. The third-order valence-electron chi connectivity index (χ3n) is 2.91. The molecule has 0 spiro atoms. The third kappa shape index (κ3) is 2.62. The van der Waals surface area contributed by atoms with Gasteiger partial charge in [-0.1, -0.05) is 18.2 Å². The molecular weight excluding hydrogens is 299 g/mol. The zero-order valence-electron chi connectivity index (χ0n) is 10.9. The van der Waals surface area contributed by atoms with Gasteiger partial charge in [0.25, 0.3) is 5.91 Å². The van der Waals surface area contributed by atoms with Gasteiger partial charge in [-0.3, -0.25) is 15.1 Å². The Morgan fingerprint density at radius 1 is 1.18 bits per heavy atom. The van der Waals surface area contributed by atoms with E-state index in [1.54, 1.807) is 24.3 Å². The van der Waals surface area contributed by atoms with Gasteiger partial charge in [-0.15, -0.1) is 0 Å². The number of aromatic nitrogens is 2. The first kappa shape index (κ1) is 14.1. The van der Waals surface area contributed by atoms with E-state index < -0.39 is 23.8 Å². The zero-order valence-corrected chi connectivity index (χ0v) is 10.9. The molecule has 22 heavy (non-hydrogen) atoms. The first-order valence-corrected chi connectivity index (χ1v) is 6.13. The van der Waals surface area contributed by atoms with Gasteiger partial charge in [0, 0.05) is 11.6 Å². The van der Waals surface area contributed by atoms with Crippen LogP contribution in [-0.4, -0.2) is 15.9 Å². The summed E-state index contributed by atoms with van der Waals surface area (Å²) >= 11 is 0. The topological polar surface area (TPSA) is 68.0 Å². The monoisotopic (exact) mass is 307 g/mol. The number of halogens is 3. The number of anilines is 1. The summed E-state index contributed by atoms with van der Waals surface area (Å²) in [7, 11) is 0. The second-order valence-corrected chi connectivity index (χ2v) is 4.37. The lowest BCUT2D eigenvalue weighted by Gasteiger charge is -2.04. The highest BCUT2D eigenvalue weighted by Crippen LogP contribution is 2.29. The summed E-state index contributed by atoms with van der Waals surface area (Å²) in [5, 5.41) is 2.77. The van der Waals surface area contributed by atoms with Gasteiger partial charge in [0.15, 0.2) is 5.69 Å². The van der Waals surface area contributed by atoms with E-state index in [9.17, 15) is 18.0 Å². The Hall–Kier alpha value is -2.90. The number of carbonyl (C=O) groups is 1. The van der Waals surface area contributed by atoms with Crippen molar-refractivity contribution in [3.63, 3.8) is 0 Å². The molecule has 2 heterocycles. The molecule has 0 unspecified atom stereocenters. The summed E-state index contributed by atoms with van der Waals surface area (Å²) in [6, 6.07) is 7.85. The fourth-order valence-electron chi connectivity index (χ4n) is 1.92. The average Bonchev–Trinajstić information content (AvgIpc) is 2.95. The lowest BCUT2D eigenvalue weighted by molar-refractivity contribution is -0.141. The Bertz CT molecular complexity index is 837. The number of pyridine rings is 1. The maximum atomic E-state index is 12.4. The number of rotatable bonds is 2. The van der Waals surface area contributed by atoms with Crippen LogP contribution < -0.4 is 5.32 Å². The lowest BCUT2D eigenvalue weighted by atomic mass is 10.1. The molecule has 0 saturated heterocycles. The summed E-state index contributed by atoms with van der Waals surface area (Å²) in [6.07, 6.45) is -2.75. The molecule has 0 aliphatic heterocycles. The standard InChI is InChI=1S/C14H8F3N3O2/c15-14(16,17)11-7-22-13(19-11)20-12(21)9-5-6-18-10-4-2-1-3-8(9)10/h1-7H,(H,19,20,21). The molecule has 0 fully saturated rings. The quantitative estimate of drug-likeness (QED) is 0.787. The van der Waals surface area contributed by atoms with E-state index in [0.717, 1.165) is 0 Å². The summed E-state index contributed by atoms with van der Waals surface area (Å²) in [6.45, 7) is 0. The summed E-state index contributed by atoms with van der Waals surface area (Å²) in [5.74, 6) is -0.630. The van der Waals surface area contributed by atoms with Crippen LogP contribution in [0.15, 0.2) is 47.2 Å². The minimum atomic E-state index is -4.63. The SMILES string of the molecule is O=C(Nc1nc(C(F)(F)F)co1)c1ccnc2ccccc12. The molecule has 0 saturated carbocycles. The summed E-state index contributed by atoms with van der Waals surface area (Å²) in [4.78, 5) is 19.5. The van der Waals surface area contributed by atoms with E-state index >= 15 is 0 Å². The van der Waals surface area contributed by atoms with Crippen LogP contribution in [0.5, 0.6) is 0 Å². The van der Waals surface area contributed by atoms with Gasteiger partial charge >= 0.3 is 12.2 Å². The van der Waals surface area contributed by atoms with Crippen molar-refractivity contribution in [3.05, 3.63) is 54.0 Å². The van der Waals surface area contributed by atoms with Crippen LogP contribution in [-0.2, 0) is 6.18 Å². The zero-order chi connectivity index (χ0) is 15.7. The largest absolute Gasteiger partial charge is 0.436 e. The van der Waals surface area contributed by atoms with Gasteiger partial charge < -0.3 is 4.42 Å². The number of para-hydroxylation sites is 1. The number of nitrogens with one attached hydrogen (secondary N) is 1. The Kier molecular flexibility index (Phi) is 3.28. The molecule has 2 aromatic heterocycles.